The first-order valence-electron chi connectivity index (χ1n) is 9.94. The van der Waals surface area contributed by atoms with Crippen molar-refractivity contribution in [2.75, 3.05) is 16.9 Å². The second-order valence-electron chi connectivity index (χ2n) is 7.15. The van der Waals surface area contributed by atoms with Crippen LogP contribution < -0.4 is 20.9 Å². The fraction of sp³-hybridized carbons (Fsp3) is 0.125. The van der Waals surface area contributed by atoms with Gasteiger partial charge in [0.25, 0.3) is 5.56 Å². The fourth-order valence-electron chi connectivity index (χ4n) is 3.15. The molecule has 32 heavy (non-hydrogen) atoms. The highest BCUT2D eigenvalue weighted by Crippen LogP contribution is 2.21. The van der Waals surface area contributed by atoms with E-state index in [0.717, 1.165) is 10.5 Å². The van der Waals surface area contributed by atoms with Gasteiger partial charge in [-0.3, -0.25) is 9.20 Å². The van der Waals surface area contributed by atoms with Gasteiger partial charge < -0.3 is 15.4 Å². The maximum atomic E-state index is 12.3. The van der Waals surface area contributed by atoms with Crippen LogP contribution in [-0.2, 0) is 6.61 Å². The zero-order valence-corrected chi connectivity index (χ0v) is 18.5. The van der Waals surface area contributed by atoms with Crippen molar-refractivity contribution in [3.05, 3.63) is 94.5 Å². The number of aromatic nitrogens is 2. The van der Waals surface area contributed by atoms with Crippen LogP contribution in [0.15, 0.2) is 82.6 Å². The third-order valence-electron chi connectivity index (χ3n) is 4.67. The molecule has 0 spiro atoms. The molecule has 0 fully saturated rings. The summed E-state index contributed by atoms with van der Waals surface area (Å²) in [6, 6.07) is 19.5. The fourth-order valence-corrected chi connectivity index (χ4v) is 3.61. The van der Waals surface area contributed by atoms with Crippen molar-refractivity contribution in [3.8, 4) is 5.75 Å². The van der Waals surface area contributed by atoms with Gasteiger partial charge in [-0.05, 0) is 55.1 Å². The summed E-state index contributed by atoms with van der Waals surface area (Å²) in [4.78, 5) is 30.2. The summed E-state index contributed by atoms with van der Waals surface area (Å²) in [6.45, 7) is 2.06. The zero-order chi connectivity index (χ0) is 22.5. The van der Waals surface area contributed by atoms with Crippen LogP contribution in [0.3, 0.4) is 0 Å². The summed E-state index contributed by atoms with van der Waals surface area (Å²) in [5.41, 5.74) is 3.22. The van der Waals surface area contributed by atoms with E-state index in [4.69, 9.17) is 4.74 Å². The van der Waals surface area contributed by atoms with E-state index >= 15 is 0 Å². The summed E-state index contributed by atoms with van der Waals surface area (Å²) in [6.07, 6.45) is 3.74. The molecular formula is C24H22N4O3S. The number of nitrogens with zero attached hydrogens (tertiary/aromatic N) is 2. The number of anilines is 2. The molecule has 0 atom stereocenters. The van der Waals surface area contributed by atoms with Crippen molar-refractivity contribution in [2.45, 2.75) is 18.4 Å². The maximum Gasteiger partial charge on any atom is 0.323 e. The van der Waals surface area contributed by atoms with Crippen LogP contribution >= 0.6 is 11.8 Å². The van der Waals surface area contributed by atoms with Gasteiger partial charge in [0, 0.05) is 34.6 Å². The van der Waals surface area contributed by atoms with E-state index in [-0.39, 0.29) is 18.2 Å². The van der Waals surface area contributed by atoms with Crippen molar-refractivity contribution in [1.29, 1.82) is 0 Å². The first kappa shape index (κ1) is 21.5. The van der Waals surface area contributed by atoms with Crippen molar-refractivity contribution in [3.63, 3.8) is 0 Å². The third-order valence-corrected chi connectivity index (χ3v) is 5.39. The van der Waals surface area contributed by atoms with Gasteiger partial charge in [-0.2, -0.15) is 0 Å². The number of carbonyl (C=O) groups excluding carboxylic acids is 1. The van der Waals surface area contributed by atoms with E-state index in [1.165, 1.54) is 10.5 Å². The monoisotopic (exact) mass is 446 g/mol. The molecule has 0 aliphatic rings. The van der Waals surface area contributed by atoms with E-state index in [2.05, 4.69) is 15.6 Å². The highest BCUT2D eigenvalue weighted by Gasteiger charge is 2.07. The highest BCUT2D eigenvalue weighted by molar-refractivity contribution is 7.98. The Hall–Kier alpha value is -3.78. The zero-order valence-electron chi connectivity index (χ0n) is 17.7. The molecule has 8 heteroatoms. The molecule has 0 unspecified atom stereocenters. The molecule has 2 aromatic heterocycles. The van der Waals surface area contributed by atoms with Gasteiger partial charge >= 0.3 is 6.03 Å². The molecule has 4 rings (SSSR count). The average Bonchev–Trinajstić information content (AvgIpc) is 2.78. The van der Waals surface area contributed by atoms with E-state index in [0.29, 0.717) is 28.5 Å². The smallest absolute Gasteiger partial charge is 0.323 e. The SMILES string of the molecule is CSc1cccc(NC(=O)Nc2cccc(OCc3cc(=O)n4cc(C)ccc4n3)c2)c1. The van der Waals surface area contributed by atoms with E-state index in [1.807, 2.05) is 43.5 Å². The number of pyridine rings is 1. The number of rotatable bonds is 6. The van der Waals surface area contributed by atoms with Crippen LogP contribution in [0.1, 0.15) is 11.3 Å². The maximum absolute atomic E-state index is 12.3. The van der Waals surface area contributed by atoms with Gasteiger partial charge in [0.2, 0.25) is 0 Å². The minimum absolute atomic E-state index is 0.136. The predicted octanol–water partition coefficient (Wildman–Crippen LogP) is 4.95. The summed E-state index contributed by atoms with van der Waals surface area (Å²) in [7, 11) is 0. The molecule has 0 bridgehead atoms. The van der Waals surface area contributed by atoms with E-state index < -0.39 is 0 Å². The Morgan fingerprint density at radius 3 is 2.56 bits per heavy atom. The number of urea groups is 1. The lowest BCUT2D eigenvalue weighted by Gasteiger charge is -2.11. The van der Waals surface area contributed by atoms with Crippen molar-refractivity contribution in [2.24, 2.45) is 0 Å². The van der Waals surface area contributed by atoms with Crippen LogP contribution in [0.5, 0.6) is 5.75 Å². The normalized spacial score (nSPS) is 10.7. The minimum Gasteiger partial charge on any atom is -0.487 e. The molecule has 0 aliphatic carbocycles. The highest BCUT2D eigenvalue weighted by atomic mass is 32.2. The predicted molar refractivity (Wildman–Crippen MR) is 128 cm³/mol. The second-order valence-corrected chi connectivity index (χ2v) is 8.03. The van der Waals surface area contributed by atoms with Crippen LogP contribution in [0.4, 0.5) is 16.2 Å². The van der Waals surface area contributed by atoms with Gasteiger partial charge in [-0.15, -0.1) is 11.8 Å². The van der Waals surface area contributed by atoms with Crippen LogP contribution in [0.25, 0.3) is 5.65 Å². The summed E-state index contributed by atoms with van der Waals surface area (Å²) in [5, 5.41) is 5.62. The third kappa shape index (κ3) is 5.28. The Kier molecular flexibility index (Phi) is 6.42. The van der Waals surface area contributed by atoms with Crippen molar-refractivity contribution in [1.82, 2.24) is 9.38 Å². The number of amides is 2. The quantitative estimate of drug-likeness (QED) is 0.410. The molecule has 4 aromatic rings. The topological polar surface area (TPSA) is 84.7 Å². The lowest BCUT2D eigenvalue weighted by Crippen LogP contribution is -2.19. The first-order chi connectivity index (χ1) is 15.5. The van der Waals surface area contributed by atoms with Gasteiger partial charge in [0.05, 0.1) is 5.69 Å². The lowest BCUT2D eigenvalue weighted by molar-refractivity contribution is 0.262. The standard InChI is InChI=1S/C24H22N4O3S/c1-16-9-10-22-25-19(13-23(29)28(22)14-16)15-31-20-7-3-5-17(11-20)26-24(30)27-18-6-4-8-21(12-18)32-2/h3-14H,15H2,1-2H3,(H2,26,27,30). The molecule has 2 amide bonds. The van der Waals surface area contributed by atoms with E-state index in [1.54, 1.807) is 48.3 Å². The number of hydrogen-bond acceptors (Lipinski definition) is 5. The number of thioether (sulfide) groups is 1. The number of aryl methyl sites for hydroxylation is 1. The minimum atomic E-state index is -0.347. The first-order valence-corrected chi connectivity index (χ1v) is 11.2. The van der Waals surface area contributed by atoms with Gasteiger partial charge in [-0.1, -0.05) is 18.2 Å². The van der Waals surface area contributed by atoms with Crippen LogP contribution in [0, 0.1) is 6.92 Å². The lowest BCUT2D eigenvalue weighted by atomic mass is 10.3. The summed E-state index contributed by atoms with van der Waals surface area (Å²) < 4.78 is 7.32. The Labute approximate surface area is 189 Å². The molecule has 2 N–H and O–H groups in total. The molecule has 0 saturated carbocycles. The number of ether oxygens (including phenoxy) is 1. The Morgan fingerprint density at radius 2 is 1.78 bits per heavy atom. The van der Waals surface area contributed by atoms with E-state index in [9.17, 15) is 9.59 Å². The van der Waals surface area contributed by atoms with Crippen LogP contribution in [0.2, 0.25) is 0 Å². The van der Waals surface area contributed by atoms with Crippen molar-refractivity contribution < 1.29 is 9.53 Å². The molecule has 0 saturated heterocycles. The molecule has 162 valence electrons. The average molecular weight is 447 g/mol. The number of hydrogen-bond donors (Lipinski definition) is 2. The number of nitrogens with one attached hydrogen (secondary N) is 2. The largest absolute Gasteiger partial charge is 0.487 e. The number of benzene rings is 2. The van der Waals surface area contributed by atoms with Gasteiger partial charge in [0.1, 0.15) is 18.0 Å². The van der Waals surface area contributed by atoms with Gasteiger partial charge in [-0.25, -0.2) is 9.78 Å². The Morgan fingerprint density at radius 1 is 1.03 bits per heavy atom. The molecule has 0 aliphatic heterocycles. The Balaban J connectivity index is 1.41. The summed E-state index contributed by atoms with van der Waals surface area (Å²) in [5.74, 6) is 0.554. The Bertz CT molecular complexity index is 1340. The molecule has 0 radical (unpaired) electrons. The molecular weight excluding hydrogens is 424 g/mol. The van der Waals surface area contributed by atoms with Gasteiger partial charge in [0.15, 0.2) is 0 Å². The summed E-state index contributed by atoms with van der Waals surface area (Å²) >= 11 is 1.61. The second kappa shape index (κ2) is 9.57. The molecule has 2 heterocycles. The number of fused-ring (bicyclic) bond motifs is 1. The van der Waals surface area contributed by atoms with Crippen LogP contribution in [-0.4, -0.2) is 21.7 Å². The molecule has 2 aromatic carbocycles. The van der Waals surface area contributed by atoms with Crippen molar-refractivity contribution >= 4 is 34.8 Å². The number of carbonyl (C=O) groups is 1. The molecule has 7 nitrogen and oxygen atoms in total.